The van der Waals surface area contributed by atoms with E-state index in [1.54, 1.807) is 0 Å². The predicted molar refractivity (Wildman–Crippen MR) is 280 cm³/mol. The molecule has 0 aliphatic heterocycles. The summed E-state index contributed by atoms with van der Waals surface area (Å²) in [7, 11) is 0. The highest BCUT2D eigenvalue weighted by Crippen LogP contribution is 2.35. The summed E-state index contributed by atoms with van der Waals surface area (Å²) in [6.07, 6.45) is 16.4. The van der Waals surface area contributed by atoms with Gasteiger partial charge in [-0.15, -0.1) is 0 Å². The average molecular weight is 1880 g/mol. The van der Waals surface area contributed by atoms with Crippen molar-refractivity contribution in [1.29, 1.82) is 0 Å². The lowest BCUT2D eigenvalue weighted by molar-refractivity contribution is 0.591. The minimum Gasteiger partial charge on any atom is -0.0815 e. The smallest absolute Gasteiger partial charge is 0.0228 e. The van der Waals surface area contributed by atoms with E-state index in [1.807, 2.05) is 0 Å². The van der Waals surface area contributed by atoms with Gasteiger partial charge in [-0.1, -0.05) is 285 Å². The maximum atomic E-state index is 2.76. The molecule has 12 unspecified atom stereocenters. The lowest BCUT2D eigenvalue weighted by Crippen LogP contribution is -2.23. The molecule has 0 aromatic rings. The predicted octanol–water partition coefficient (Wildman–Crippen LogP) is 15.4. The first-order valence-corrected chi connectivity index (χ1v) is 28.4. The second-order valence-corrected chi connectivity index (χ2v) is 29.1. The highest BCUT2D eigenvalue weighted by Gasteiger charge is 2.25. The number of hydrogen-bond donors (Lipinski definition) is 0. The molecule has 0 spiro atoms. The summed E-state index contributed by atoms with van der Waals surface area (Å²) in [4.78, 5) is 0. The Labute approximate surface area is 399 Å². The summed E-state index contributed by atoms with van der Waals surface area (Å²) in [5, 5.41) is 0. The van der Waals surface area contributed by atoms with Gasteiger partial charge in [0.25, 0.3) is 0 Å². The van der Waals surface area contributed by atoms with E-state index in [1.165, 1.54) is 77.0 Å². The van der Waals surface area contributed by atoms with Gasteiger partial charge in [0.05, 0.1) is 0 Å². The van der Waals surface area contributed by atoms with Crippen molar-refractivity contribution in [1.82, 2.24) is 0 Å². The van der Waals surface area contributed by atoms with Crippen LogP contribution < -0.4 is 0 Å². The molecular formula is C26H42I12. The Kier molecular flexibility index (Phi) is 35.0. The normalized spacial score (nSPS) is 21.9. The van der Waals surface area contributed by atoms with Gasteiger partial charge in [-0.2, -0.15) is 0 Å². The van der Waals surface area contributed by atoms with Crippen molar-refractivity contribution in [3.05, 3.63) is 0 Å². The summed E-state index contributed by atoms with van der Waals surface area (Å²) in [5.41, 5.74) is 0. The molecule has 0 radical (unpaired) electrons. The van der Waals surface area contributed by atoms with Gasteiger partial charge in [0.2, 0.25) is 0 Å². The second kappa shape index (κ2) is 28.5. The average Bonchev–Trinajstić information content (AvgIpc) is 2.92. The van der Waals surface area contributed by atoms with E-state index < -0.39 is 0 Å². The van der Waals surface area contributed by atoms with E-state index in [4.69, 9.17) is 0 Å². The van der Waals surface area contributed by atoms with Crippen LogP contribution in [0.4, 0.5) is 0 Å². The number of hydrogen-bond acceptors (Lipinski definition) is 0. The van der Waals surface area contributed by atoms with Crippen molar-refractivity contribution in [2.24, 2.45) is 0 Å². The topological polar surface area (TPSA) is 0 Å². The number of rotatable bonds is 23. The van der Waals surface area contributed by atoms with Crippen LogP contribution in [0.15, 0.2) is 0 Å². The van der Waals surface area contributed by atoms with Gasteiger partial charge in [-0.25, -0.2) is 0 Å². The Morgan fingerprint density at radius 1 is 0.237 bits per heavy atom. The zero-order valence-corrected chi connectivity index (χ0v) is 47.8. The van der Waals surface area contributed by atoms with Crippen molar-refractivity contribution in [3.8, 4) is 0 Å². The van der Waals surface area contributed by atoms with Gasteiger partial charge in [0.15, 0.2) is 0 Å². The quantitative estimate of drug-likeness (QED) is 0.0707. The zero-order valence-electron chi connectivity index (χ0n) is 21.9. The molecule has 0 saturated heterocycles. The summed E-state index contributed by atoms with van der Waals surface area (Å²) in [6.45, 7) is 4.65. The molecule has 230 valence electrons. The molecule has 38 heavy (non-hydrogen) atoms. The molecule has 0 aliphatic carbocycles. The molecule has 0 rings (SSSR count). The Balaban J connectivity index is 4.27. The Morgan fingerprint density at radius 3 is 0.447 bits per heavy atom. The fourth-order valence-corrected chi connectivity index (χ4v) is 12.1. The first-order chi connectivity index (χ1) is 17.7. The maximum absolute atomic E-state index is 2.76. The van der Waals surface area contributed by atoms with Gasteiger partial charge in [0, 0.05) is 47.1 Å². The van der Waals surface area contributed by atoms with Gasteiger partial charge in [-0.05, 0) is 77.0 Å². The van der Waals surface area contributed by atoms with Gasteiger partial charge < -0.3 is 0 Å². The minimum absolute atomic E-state index is 0.801. The molecule has 0 nitrogen and oxygen atoms in total. The van der Waals surface area contributed by atoms with E-state index in [-0.39, 0.29) is 0 Å². The van der Waals surface area contributed by atoms with Crippen LogP contribution in [0.5, 0.6) is 0 Å². The van der Waals surface area contributed by atoms with E-state index >= 15 is 0 Å². The number of alkyl halides is 12. The van der Waals surface area contributed by atoms with Crippen molar-refractivity contribution in [2.75, 3.05) is 0 Å². The van der Waals surface area contributed by atoms with Gasteiger partial charge in [-0.3, -0.25) is 0 Å². The summed E-state index contributed by atoms with van der Waals surface area (Å²) in [6, 6.07) is 0. The van der Waals surface area contributed by atoms with E-state index in [0.29, 0.717) is 0 Å². The van der Waals surface area contributed by atoms with Crippen LogP contribution in [-0.2, 0) is 0 Å². The third kappa shape index (κ3) is 22.5. The lowest BCUT2D eigenvalue weighted by atomic mass is 10.0. The molecule has 0 aromatic heterocycles. The first-order valence-electron chi connectivity index (χ1n) is 13.4. The Hall–Kier alpha value is 8.76. The molecule has 0 N–H and O–H groups in total. The molecule has 0 saturated carbocycles. The second-order valence-electron chi connectivity index (χ2n) is 9.90. The third-order valence-electron chi connectivity index (χ3n) is 6.73. The van der Waals surface area contributed by atoms with Crippen molar-refractivity contribution >= 4 is 271 Å². The zero-order chi connectivity index (χ0) is 29.4. The largest absolute Gasteiger partial charge is 0.0815 e. The van der Waals surface area contributed by atoms with Crippen molar-refractivity contribution in [3.63, 3.8) is 0 Å². The molecular weight excluding hydrogens is 1840 g/mol. The standard InChI is InChI=1S/C26H42I12/c1-3-15(27)17(29)5-7-19(31)21(33)9-11-23(35)25(37)13-14-26(38)24(36)12-10-22(34)20(32)8-6-18(30)16(28)4-2/h15-26H,3-14H2,1-2H3. The molecule has 0 heterocycles. The Bertz CT molecular complexity index is 522. The number of halogens is 12. The van der Waals surface area contributed by atoms with Crippen LogP contribution in [-0.4, -0.2) is 47.1 Å². The third-order valence-corrected chi connectivity index (χ3v) is 33.4. The van der Waals surface area contributed by atoms with Crippen molar-refractivity contribution < 1.29 is 0 Å². The monoisotopic (exact) mass is 1880 g/mol. The maximum Gasteiger partial charge on any atom is 0.0228 e. The van der Waals surface area contributed by atoms with E-state index in [0.717, 1.165) is 47.1 Å². The minimum atomic E-state index is 0.801. The van der Waals surface area contributed by atoms with Crippen LogP contribution in [0.3, 0.4) is 0 Å². The molecule has 12 atom stereocenters. The molecule has 12 heteroatoms. The lowest BCUT2D eigenvalue weighted by Gasteiger charge is -2.24. The molecule has 0 fully saturated rings. The summed E-state index contributed by atoms with van der Waals surface area (Å²) in [5.74, 6) is 0. The first kappa shape index (κ1) is 46.8. The van der Waals surface area contributed by atoms with Gasteiger partial charge >= 0.3 is 0 Å². The van der Waals surface area contributed by atoms with Crippen LogP contribution in [0.25, 0.3) is 0 Å². The van der Waals surface area contributed by atoms with E-state index in [2.05, 4.69) is 285 Å². The summed E-state index contributed by atoms with van der Waals surface area (Å²) >= 11 is 32.7. The molecule has 0 aromatic carbocycles. The molecule has 0 bridgehead atoms. The van der Waals surface area contributed by atoms with Crippen LogP contribution in [0.2, 0.25) is 0 Å². The molecule has 0 amide bonds. The molecule has 0 aliphatic rings. The van der Waals surface area contributed by atoms with Crippen LogP contribution in [0.1, 0.15) is 90.9 Å². The van der Waals surface area contributed by atoms with Crippen LogP contribution in [0, 0.1) is 0 Å². The van der Waals surface area contributed by atoms with E-state index in [9.17, 15) is 0 Å². The fraction of sp³-hybridized carbons (Fsp3) is 1.00. The fourth-order valence-electron chi connectivity index (χ4n) is 3.91. The van der Waals surface area contributed by atoms with Gasteiger partial charge in [0.1, 0.15) is 0 Å². The highest BCUT2D eigenvalue weighted by molar-refractivity contribution is 14.1. The van der Waals surface area contributed by atoms with Crippen molar-refractivity contribution in [2.45, 2.75) is 138 Å². The summed E-state index contributed by atoms with van der Waals surface area (Å²) < 4.78 is 9.75. The van der Waals surface area contributed by atoms with Crippen LogP contribution >= 0.6 is 271 Å². The highest BCUT2D eigenvalue weighted by atomic mass is 127. The SMILES string of the molecule is CCC(I)C(I)CCC(I)C(I)CCC(I)C(I)CCC(I)C(I)CCC(I)C(I)CCC(I)C(I)CC. The Morgan fingerprint density at radius 2 is 0.342 bits per heavy atom.